The summed E-state index contributed by atoms with van der Waals surface area (Å²) in [5.41, 5.74) is 0.500. The van der Waals surface area contributed by atoms with Gasteiger partial charge in [-0.3, -0.25) is 9.59 Å². The molecule has 0 spiro atoms. The van der Waals surface area contributed by atoms with Gasteiger partial charge >= 0.3 is 5.97 Å². The zero-order valence-corrected chi connectivity index (χ0v) is 25.8. The fraction of sp³-hybridized carbons (Fsp3) is 0.719. The molecule has 10 heteroatoms. The monoisotopic (exact) mass is 602 g/mol. The maximum atomic E-state index is 14.2. The molecule has 4 N–H and O–H groups in total. The highest BCUT2D eigenvalue weighted by Gasteiger charge is 2.63. The van der Waals surface area contributed by atoms with Crippen LogP contribution in [-0.2, 0) is 25.5 Å². The quantitative estimate of drug-likeness (QED) is 0.261. The molecule has 1 aromatic carbocycles. The molecule has 0 radical (unpaired) electrons. The Morgan fingerprint density at radius 2 is 1.83 bits per heavy atom. The SMILES string of the molecule is CC1(C)C2CCC1(C)C(OC(=O)[C@@H]1CSCCN1C(=O)[C@@H](NC(=O)[C@H](O)Cc1ccc(O)c(O)c1)C1CCCCC1)C2. The van der Waals surface area contributed by atoms with Gasteiger partial charge in [0.25, 0.3) is 0 Å². The van der Waals surface area contributed by atoms with Crippen LogP contribution in [-0.4, -0.2) is 80.3 Å². The molecule has 5 rings (SSSR count). The Morgan fingerprint density at radius 3 is 2.48 bits per heavy atom. The van der Waals surface area contributed by atoms with Crippen LogP contribution < -0.4 is 5.32 Å². The molecule has 4 fully saturated rings. The van der Waals surface area contributed by atoms with Gasteiger partial charge in [-0.15, -0.1) is 0 Å². The van der Waals surface area contributed by atoms with Crippen molar-refractivity contribution in [3.8, 4) is 11.5 Å². The van der Waals surface area contributed by atoms with Gasteiger partial charge < -0.3 is 30.3 Å². The molecule has 1 heterocycles. The summed E-state index contributed by atoms with van der Waals surface area (Å²) in [6.07, 6.45) is 5.91. The summed E-state index contributed by atoms with van der Waals surface area (Å²) in [6.45, 7) is 7.19. The van der Waals surface area contributed by atoms with Crippen LogP contribution in [0.5, 0.6) is 11.5 Å². The van der Waals surface area contributed by atoms with Gasteiger partial charge in [0.15, 0.2) is 11.5 Å². The van der Waals surface area contributed by atoms with Crippen LogP contribution in [0, 0.1) is 22.7 Å². The maximum absolute atomic E-state index is 14.2. The molecule has 2 bridgehead atoms. The Balaban J connectivity index is 1.30. The Kier molecular flexibility index (Phi) is 9.05. The van der Waals surface area contributed by atoms with Crippen LogP contribution >= 0.6 is 11.8 Å². The van der Waals surface area contributed by atoms with E-state index in [-0.39, 0.29) is 52.6 Å². The van der Waals surface area contributed by atoms with Gasteiger partial charge in [-0.25, -0.2) is 4.79 Å². The number of aromatic hydroxyl groups is 2. The smallest absolute Gasteiger partial charge is 0.330 e. The highest BCUT2D eigenvalue weighted by Crippen LogP contribution is 2.66. The summed E-state index contributed by atoms with van der Waals surface area (Å²) in [5.74, 6) is -0.334. The van der Waals surface area contributed by atoms with Crippen molar-refractivity contribution in [3.63, 3.8) is 0 Å². The molecule has 232 valence electrons. The molecule has 2 amide bonds. The molecule has 3 aliphatic carbocycles. The standard InChI is InChI=1S/C32H46N2O7S/c1-31(2)21-11-12-32(31,3)26(17-21)41-30(40)22-18-42-14-13-34(22)29(39)27(20-7-5-4-6-8-20)33-28(38)25(37)16-19-9-10-23(35)24(36)15-19/h9-10,15,20-22,25-27,35-37H,4-8,11-14,16-18H2,1-3H3,(H,33,38)/t21?,22-,25+,26?,27-,32?/m0/s1. The highest BCUT2D eigenvalue weighted by molar-refractivity contribution is 7.99. The minimum Gasteiger partial charge on any atom is -0.504 e. The van der Waals surface area contributed by atoms with E-state index in [2.05, 4.69) is 26.1 Å². The number of thioether (sulfide) groups is 1. The predicted molar refractivity (Wildman–Crippen MR) is 160 cm³/mol. The van der Waals surface area contributed by atoms with Crippen molar-refractivity contribution in [3.05, 3.63) is 23.8 Å². The first-order valence-corrected chi connectivity index (χ1v) is 16.7. The first kappa shape index (κ1) is 31.0. The van der Waals surface area contributed by atoms with Crippen molar-refractivity contribution in [1.29, 1.82) is 0 Å². The van der Waals surface area contributed by atoms with Crippen molar-refractivity contribution >= 4 is 29.5 Å². The van der Waals surface area contributed by atoms with Crippen molar-refractivity contribution in [2.24, 2.45) is 22.7 Å². The molecule has 1 saturated heterocycles. The van der Waals surface area contributed by atoms with E-state index >= 15 is 0 Å². The third-order valence-electron chi connectivity index (χ3n) is 11.1. The molecule has 0 aromatic heterocycles. The molecule has 4 aliphatic rings. The first-order valence-electron chi connectivity index (χ1n) is 15.5. The zero-order valence-electron chi connectivity index (χ0n) is 25.0. The number of rotatable bonds is 8. The normalized spacial score (nSPS) is 30.5. The van der Waals surface area contributed by atoms with Gasteiger partial charge in [-0.05, 0) is 67.1 Å². The minimum absolute atomic E-state index is 0.0764. The number of amides is 2. The van der Waals surface area contributed by atoms with Crippen LogP contribution in [0.4, 0.5) is 0 Å². The number of phenols is 2. The molecule has 1 aromatic rings. The topological polar surface area (TPSA) is 136 Å². The summed E-state index contributed by atoms with van der Waals surface area (Å²) in [4.78, 5) is 42.7. The van der Waals surface area contributed by atoms with Gasteiger partial charge in [0.05, 0.1) is 0 Å². The lowest BCUT2D eigenvalue weighted by atomic mass is 9.70. The number of hydrogen-bond donors (Lipinski definition) is 4. The van der Waals surface area contributed by atoms with Crippen LogP contribution in [0.2, 0.25) is 0 Å². The lowest BCUT2D eigenvalue weighted by Gasteiger charge is -2.41. The van der Waals surface area contributed by atoms with E-state index in [1.165, 1.54) is 18.2 Å². The van der Waals surface area contributed by atoms with Crippen LogP contribution in [0.25, 0.3) is 0 Å². The number of ether oxygens (including phenoxy) is 1. The number of fused-ring (bicyclic) bond motifs is 2. The first-order chi connectivity index (χ1) is 19.9. The Morgan fingerprint density at radius 1 is 1.10 bits per heavy atom. The van der Waals surface area contributed by atoms with Crippen molar-refractivity contribution in [2.45, 2.75) is 103 Å². The largest absolute Gasteiger partial charge is 0.504 e. The van der Waals surface area contributed by atoms with E-state index in [4.69, 9.17) is 4.74 Å². The average molecular weight is 603 g/mol. The van der Waals surface area contributed by atoms with E-state index in [1.54, 1.807) is 16.7 Å². The predicted octanol–water partition coefficient (Wildman–Crippen LogP) is 3.77. The summed E-state index contributed by atoms with van der Waals surface area (Å²) >= 11 is 1.63. The van der Waals surface area contributed by atoms with Gasteiger partial charge in [0, 0.05) is 29.9 Å². The number of nitrogens with one attached hydrogen (secondary N) is 1. The number of nitrogens with zero attached hydrogens (tertiary/aromatic N) is 1. The fourth-order valence-electron chi connectivity index (χ4n) is 7.88. The second kappa shape index (κ2) is 12.3. The maximum Gasteiger partial charge on any atom is 0.330 e. The van der Waals surface area contributed by atoms with Gasteiger partial charge in [-0.1, -0.05) is 46.1 Å². The number of aliphatic hydroxyl groups excluding tert-OH is 1. The number of hydrogen-bond acceptors (Lipinski definition) is 8. The second-order valence-electron chi connectivity index (χ2n) is 13.6. The Labute approximate surface area is 252 Å². The van der Waals surface area contributed by atoms with Gasteiger partial charge in [-0.2, -0.15) is 11.8 Å². The molecule has 42 heavy (non-hydrogen) atoms. The number of esters is 1. The highest BCUT2D eigenvalue weighted by atomic mass is 32.2. The Hall–Kier alpha value is -2.46. The fourth-order valence-corrected chi connectivity index (χ4v) is 8.91. The van der Waals surface area contributed by atoms with Crippen molar-refractivity contribution < 1.29 is 34.4 Å². The second-order valence-corrected chi connectivity index (χ2v) is 14.7. The van der Waals surface area contributed by atoms with Crippen molar-refractivity contribution in [2.75, 3.05) is 18.1 Å². The van der Waals surface area contributed by atoms with E-state index < -0.39 is 24.1 Å². The average Bonchev–Trinajstić information content (AvgIpc) is 3.31. The minimum atomic E-state index is -1.45. The van der Waals surface area contributed by atoms with E-state index in [9.17, 15) is 29.7 Å². The number of aliphatic hydroxyl groups is 1. The summed E-state index contributed by atoms with van der Waals surface area (Å²) in [6, 6.07) is 2.56. The molecular formula is C32H46N2O7S. The van der Waals surface area contributed by atoms with E-state index in [1.807, 2.05) is 0 Å². The van der Waals surface area contributed by atoms with Crippen molar-refractivity contribution in [1.82, 2.24) is 10.2 Å². The molecule has 9 nitrogen and oxygen atoms in total. The van der Waals surface area contributed by atoms with Crippen LogP contribution in [0.15, 0.2) is 18.2 Å². The number of carbonyl (C=O) groups excluding carboxylic acids is 3. The molecule has 1 aliphatic heterocycles. The molecule has 6 atom stereocenters. The van der Waals surface area contributed by atoms with Gasteiger partial charge in [0.1, 0.15) is 24.3 Å². The zero-order chi connectivity index (χ0) is 30.2. The molecule has 3 unspecified atom stereocenters. The molecule has 3 saturated carbocycles. The van der Waals surface area contributed by atoms with Crippen LogP contribution in [0.3, 0.4) is 0 Å². The van der Waals surface area contributed by atoms with Crippen LogP contribution in [0.1, 0.15) is 77.7 Å². The van der Waals surface area contributed by atoms with E-state index in [0.717, 1.165) is 51.4 Å². The number of phenolic OH excluding ortho intramolecular Hbond substituents is 2. The van der Waals surface area contributed by atoms with E-state index in [0.29, 0.717) is 29.5 Å². The Bertz CT molecular complexity index is 1190. The third-order valence-corrected chi connectivity index (χ3v) is 12.1. The lowest BCUT2D eigenvalue weighted by molar-refractivity contribution is -0.166. The van der Waals surface area contributed by atoms with Gasteiger partial charge in [0.2, 0.25) is 11.8 Å². The number of benzene rings is 1. The third kappa shape index (κ3) is 5.85. The molecular weight excluding hydrogens is 556 g/mol. The summed E-state index contributed by atoms with van der Waals surface area (Å²) in [5, 5.41) is 32.9. The summed E-state index contributed by atoms with van der Waals surface area (Å²) in [7, 11) is 0. The number of carbonyl (C=O) groups is 3. The summed E-state index contributed by atoms with van der Waals surface area (Å²) < 4.78 is 6.22. The lowest BCUT2D eigenvalue weighted by Crippen LogP contribution is -2.60.